The number of rotatable bonds is 3. The van der Waals surface area contributed by atoms with Gasteiger partial charge in [0.15, 0.2) is 6.10 Å². The number of nitrogens with one attached hydrogen (secondary N) is 1. The van der Waals surface area contributed by atoms with Gasteiger partial charge in [-0.2, -0.15) is 0 Å². The molecule has 2 bridgehead atoms. The lowest BCUT2D eigenvalue weighted by atomic mass is 9.84. The van der Waals surface area contributed by atoms with Crippen molar-refractivity contribution in [2.75, 3.05) is 0 Å². The number of aliphatic hydroxyl groups excluding tert-OH is 1. The maximum absolute atomic E-state index is 14.8. The van der Waals surface area contributed by atoms with Crippen LogP contribution in [-0.2, 0) is 22.7 Å². The molecule has 4 heterocycles. The first kappa shape index (κ1) is 20.4. The minimum atomic E-state index is -1.45. The Morgan fingerprint density at radius 1 is 1.32 bits per heavy atom. The number of halogens is 1. The van der Waals surface area contributed by atoms with Crippen LogP contribution in [0.15, 0.2) is 45.6 Å². The number of hydrogen-bond acceptors (Lipinski definition) is 5. The van der Waals surface area contributed by atoms with E-state index in [4.69, 9.17) is 4.74 Å². The maximum atomic E-state index is 14.8. The van der Waals surface area contributed by atoms with Crippen molar-refractivity contribution in [3.8, 4) is 0 Å². The van der Waals surface area contributed by atoms with Crippen LogP contribution in [0.2, 0.25) is 0 Å². The van der Waals surface area contributed by atoms with Crippen LogP contribution < -0.4 is 10.9 Å². The van der Waals surface area contributed by atoms with Gasteiger partial charge in [-0.05, 0) is 61.0 Å². The molecule has 0 radical (unpaired) electrons. The standard InChI is InChI=1S/C24H27FN2O4/c1-3-4-5-14-12(2)18(25)9-19-15(14)6-13-7-20(26-19)21-8-16-17(23(29)27(21)10-13)11-31-24(30)22(16)28/h6,8-9,13,19-20,22,26,28H,3-5,7,10-11H2,1-2H3/t13?,19?,20?,22-/m0/s1. The first-order valence-electron chi connectivity index (χ1n) is 11.1. The highest BCUT2D eigenvalue weighted by Gasteiger charge is 2.38. The number of unbranched alkanes of at least 4 members (excludes halogenated alkanes) is 1. The van der Waals surface area contributed by atoms with Crippen LogP contribution >= 0.6 is 0 Å². The molecule has 5 rings (SSSR count). The predicted molar refractivity (Wildman–Crippen MR) is 113 cm³/mol. The number of aromatic nitrogens is 1. The van der Waals surface area contributed by atoms with E-state index in [9.17, 15) is 19.1 Å². The first-order valence-corrected chi connectivity index (χ1v) is 11.1. The summed E-state index contributed by atoms with van der Waals surface area (Å²) >= 11 is 0. The quantitative estimate of drug-likeness (QED) is 0.725. The Bertz CT molecular complexity index is 1110. The van der Waals surface area contributed by atoms with Gasteiger partial charge in [0.25, 0.3) is 5.56 Å². The smallest absolute Gasteiger partial charge is 0.340 e. The molecular weight excluding hydrogens is 399 g/mol. The van der Waals surface area contributed by atoms with E-state index in [0.29, 0.717) is 23.2 Å². The molecule has 1 aromatic rings. The lowest BCUT2D eigenvalue weighted by molar-refractivity contribution is -0.157. The summed E-state index contributed by atoms with van der Waals surface area (Å²) < 4.78 is 21.5. The van der Waals surface area contributed by atoms with Crippen molar-refractivity contribution in [3.05, 3.63) is 67.9 Å². The first-order chi connectivity index (χ1) is 14.9. The number of ether oxygens (including phenoxy) is 1. The van der Waals surface area contributed by atoms with Crippen LogP contribution in [0.25, 0.3) is 0 Å². The molecule has 0 fully saturated rings. The van der Waals surface area contributed by atoms with Crippen molar-refractivity contribution in [1.29, 1.82) is 0 Å². The van der Waals surface area contributed by atoms with Gasteiger partial charge in [-0.1, -0.05) is 19.4 Å². The highest BCUT2D eigenvalue weighted by atomic mass is 19.1. The Morgan fingerprint density at radius 3 is 2.90 bits per heavy atom. The van der Waals surface area contributed by atoms with Crippen LogP contribution in [0.5, 0.6) is 0 Å². The van der Waals surface area contributed by atoms with Gasteiger partial charge >= 0.3 is 5.97 Å². The van der Waals surface area contributed by atoms with Crippen LogP contribution in [-0.4, -0.2) is 21.7 Å². The fourth-order valence-corrected chi connectivity index (χ4v) is 5.36. The Labute approximate surface area is 180 Å². The Kier molecular flexibility index (Phi) is 4.98. The minimum absolute atomic E-state index is 0.117. The highest BCUT2D eigenvalue weighted by Crippen LogP contribution is 2.41. The second kappa shape index (κ2) is 7.57. The zero-order valence-corrected chi connectivity index (χ0v) is 17.8. The van der Waals surface area contributed by atoms with E-state index >= 15 is 0 Å². The number of aliphatic hydroxyl groups is 1. The van der Waals surface area contributed by atoms with Gasteiger partial charge in [0.05, 0.1) is 11.6 Å². The average Bonchev–Trinajstić information content (AvgIpc) is 2.89. The van der Waals surface area contributed by atoms with Crippen molar-refractivity contribution < 1.29 is 19.0 Å². The molecule has 0 aromatic carbocycles. The van der Waals surface area contributed by atoms with E-state index < -0.39 is 12.1 Å². The summed E-state index contributed by atoms with van der Waals surface area (Å²) in [5.74, 6) is -0.796. The minimum Gasteiger partial charge on any atom is -0.458 e. The Morgan fingerprint density at radius 2 is 2.13 bits per heavy atom. The van der Waals surface area contributed by atoms with Gasteiger partial charge in [-0.25, -0.2) is 9.18 Å². The van der Waals surface area contributed by atoms with E-state index in [2.05, 4.69) is 18.3 Å². The third-order valence-corrected chi connectivity index (χ3v) is 7.04. The summed E-state index contributed by atoms with van der Waals surface area (Å²) in [6.07, 6.45) is 6.04. The van der Waals surface area contributed by atoms with Crippen molar-refractivity contribution in [1.82, 2.24) is 9.88 Å². The molecule has 3 unspecified atom stereocenters. The van der Waals surface area contributed by atoms with Gasteiger partial charge in [0.1, 0.15) is 12.4 Å². The molecule has 0 amide bonds. The summed E-state index contributed by atoms with van der Waals surface area (Å²) in [7, 11) is 0. The number of esters is 1. The van der Waals surface area contributed by atoms with E-state index in [0.717, 1.165) is 42.5 Å². The Hall–Kier alpha value is -2.51. The van der Waals surface area contributed by atoms with E-state index in [-0.39, 0.29) is 36.0 Å². The molecule has 1 aliphatic carbocycles. The number of carbonyl (C=O) groups excluding carboxylic acids is 1. The molecular formula is C24H27FN2O4. The number of pyridine rings is 1. The van der Waals surface area contributed by atoms with Crippen LogP contribution in [0.1, 0.15) is 68.5 Å². The molecule has 2 N–H and O–H groups in total. The molecule has 0 spiro atoms. The zero-order valence-electron chi connectivity index (χ0n) is 17.8. The van der Waals surface area contributed by atoms with Crippen LogP contribution in [0.4, 0.5) is 4.39 Å². The SMILES string of the molecule is CCCCC1=C(C)C(F)=CC2NC3CC(C=C12)Cn1c3cc2c(c1=O)COC(=O)[C@H]2O. The van der Waals surface area contributed by atoms with E-state index in [1.165, 1.54) is 0 Å². The summed E-state index contributed by atoms with van der Waals surface area (Å²) in [5, 5.41) is 13.8. The largest absolute Gasteiger partial charge is 0.458 e. The molecule has 4 atom stereocenters. The van der Waals surface area contributed by atoms with Gasteiger partial charge in [-0.15, -0.1) is 0 Å². The number of nitrogens with zero attached hydrogens (tertiary/aromatic N) is 1. The number of carbonyl (C=O) groups is 1. The van der Waals surface area contributed by atoms with Gasteiger partial charge in [0, 0.05) is 23.8 Å². The van der Waals surface area contributed by atoms with Gasteiger partial charge < -0.3 is 14.4 Å². The molecule has 1 aromatic heterocycles. The second-order valence-electron chi connectivity index (χ2n) is 8.97. The Balaban J connectivity index is 1.59. The number of allylic oxidation sites excluding steroid dienone is 3. The summed E-state index contributed by atoms with van der Waals surface area (Å²) in [6, 6.07) is 1.30. The number of cyclic esters (lactones) is 1. The maximum Gasteiger partial charge on any atom is 0.340 e. The molecule has 0 saturated carbocycles. The van der Waals surface area contributed by atoms with Gasteiger partial charge in [0.2, 0.25) is 0 Å². The third kappa shape index (κ3) is 3.22. The monoisotopic (exact) mass is 426 g/mol. The normalized spacial score (nSPS) is 29.2. The van der Waals surface area contributed by atoms with E-state index in [1.807, 2.05) is 6.92 Å². The van der Waals surface area contributed by atoms with Crippen molar-refractivity contribution in [2.45, 2.75) is 70.9 Å². The molecule has 4 aliphatic rings. The highest BCUT2D eigenvalue weighted by molar-refractivity contribution is 5.78. The molecule has 6 nitrogen and oxygen atoms in total. The average molecular weight is 426 g/mol. The number of hydrogen-bond donors (Lipinski definition) is 2. The number of fused-ring (bicyclic) bond motifs is 6. The van der Waals surface area contributed by atoms with Crippen LogP contribution in [0.3, 0.4) is 0 Å². The summed E-state index contributed by atoms with van der Waals surface area (Å²) in [6.45, 7) is 4.37. The van der Waals surface area contributed by atoms with E-state index in [1.54, 1.807) is 16.7 Å². The van der Waals surface area contributed by atoms with Crippen molar-refractivity contribution in [3.63, 3.8) is 0 Å². The summed E-state index contributed by atoms with van der Waals surface area (Å²) in [5.41, 5.74) is 4.07. The third-order valence-electron chi connectivity index (χ3n) is 7.04. The lowest BCUT2D eigenvalue weighted by Gasteiger charge is -2.34. The predicted octanol–water partition coefficient (Wildman–Crippen LogP) is 3.27. The zero-order chi connectivity index (χ0) is 21.9. The fraction of sp³-hybridized carbons (Fsp3) is 0.500. The van der Waals surface area contributed by atoms with Crippen molar-refractivity contribution >= 4 is 5.97 Å². The molecule has 0 saturated heterocycles. The molecule has 31 heavy (non-hydrogen) atoms. The van der Waals surface area contributed by atoms with Gasteiger partial charge in [-0.3, -0.25) is 10.1 Å². The van der Waals surface area contributed by atoms with Crippen molar-refractivity contribution in [2.24, 2.45) is 5.92 Å². The lowest BCUT2D eigenvalue weighted by Crippen LogP contribution is -2.42. The molecule has 164 valence electrons. The fourth-order valence-electron chi connectivity index (χ4n) is 5.36. The second-order valence-corrected chi connectivity index (χ2v) is 8.97. The molecule has 7 heteroatoms. The van der Waals surface area contributed by atoms with Crippen LogP contribution in [0, 0.1) is 5.92 Å². The summed E-state index contributed by atoms with van der Waals surface area (Å²) in [4.78, 5) is 25.0. The topological polar surface area (TPSA) is 80.6 Å². The molecule has 3 aliphatic heterocycles.